The molecule has 1 aliphatic heterocycles. The van der Waals surface area contributed by atoms with E-state index in [-0.39, 0.29) is 12.0 Å². The van der Waals surface area contributed by atoms with E-state index in [9.17, 15) is 4.79 Å². The van der Waals surface area contributed by atoms with Crippen LogP contribution in [0.2, 0.25) is 0 Å². The standard InChI is InChI=1S/C15H21NO2/c1-11(2)12-5-7-13(8-6-12)16-15(17)10-14-4-3-9-18-14/h5-8,11,14H,3-4,9-10H2,1-2H3,(H,16,17). The van der Waals surface area contributed by atoms with Gasteiger partial charge in [0, 0.05) is 12.3 Å². The summed E-state index contributed by atoms with van der Waals surface area (Å²) < 4.78 is 5.45. The molecule has 0 saturated carbocycles. The first kappa shape index (κ1) is 13.1. The zero-order chi connectivity index (χ0) is 13.0. The summed E-state index contributed by atoms with van der Waals surface area (Å²) in [7, 11) is 0. The van der Waals surface area contributed by atoms with Crippen LogP contribution in [0, 0.1) is 0 Å². The van der Waals surface area contributed by atoms with Crippen molar-refractivity contribution in [1.29, 1.82) is 0 Å². The zero-order valence-electron chi connectivity index (χ0n) is 11.1. The van der Waals surface area contributed by atoms with E-state index in [1.165, 1.54) is 5.56 Å². The molecule has 2 rings (SSSR count). The van der Waals surface area contributed by atoms with Crippen LogP contribution in [0.25, 0.3) is 0 Å². The van der Waals surface area contributed by atoms with E-state index in [0.717, 1.165) is 25.1 Å². The van der Waals surface area contributed by atoms with Crippen molar-refractivity contribution in [3.63, 3.8) is 0 Å². The summed E-state index contributed by atoms with van der Waals surface area (Å²) in [6.45, 7) is 5.11. The van der Waals surface area contributed by atoms with Crippen molar-refractivity contribution in [3.8, 4) is 0 Å². The number of rotatable bonds is 4. The number of ether oxygens (including phenoxy) is 1. The van der Waals surface area contributed by atoms with Gasteiger partial charge in [-0.15, -0.1) is 0 Å². The second-order valence-corrected chi connectivity index (χ2v) is 5.16. The van der Waals surface area contributed by atoms with Crippen molar-refractivity contribution in [3.05, 3.63) is 29.8 Å². The van der Waals surface area contributed by atoms with Crippen LogP contribution in [0.15, 0.2) is 24.3 Å². The summed E-state index contributed by atoms with van der Waals surface area (Å²) in [4.78, 5) is 11.8. The van der Waals surface area contributed by atoms with Crippen LogP contribution >= 0.6 is 0 Å². The van der Waals surface area contributed by atoms with Gasteiger partial charge in [-0.05, 0) is 36.5 Å². The molecule has 3 nitrogen and oxygen atoms in total. The SMILES string of the molecule is CC(C)c1ccc(NC(=O)CC2CCCO2)cc1. The highest BCUT2D eigenvalue weighted by molar-refractivity contribution is 5.91. The number of benzene rings is 1. The van der Waals surface area contributed by atoms with Crippen molar-refractivity contribution in [2.24, 2.45) is 0 Å². The quantitative estimate of drug-likeness (QED) is 0.886. The molecule has 0 bridgehead atoms. The minimum atomic E-state index is 0.0409. The molecule has 1 unspecified atom stereocenters. The Bertz CT molecular complexity index is 391. The molecule has 0 spiro atoms. The minimum absolute atomic E-state index is 0.0409. The Hall–Kier alpha value is -1.35. The molecular formula is C15H21NO2. The first-order chi connectivity index (χ1) is 8.65. The maximum absolute atomic E-state index is 11.8. The van der Waals surface area contributed by atoms with Gasteiger partial charge in [-0.2, -0.15) is 0 Å². The molecule has 3 heteroatoms. The molecule has 0 radical (unpaired) electrons. The molecule has 1 N–H and O–H groups in total. The number of nitrogens with one attached hydrogen (secondary N) is 1. The van der Waals surface area contributed by atoms with E-state index in [4.69, 9.17) is 4.74 Å². The van der Waals surface area contributed by atoms with Crippen molar-refractivity contribution < 1.29 is 9.53 Å². The van der Waals surface area contributed by atoms with Crippen molar-refractivity contribution >= 4 is 11.6 Å². The van der Waals surface area contributed by atoms with Gasteiger partial charge >= 0.3 is 0 Å². The summed E-state index contributed by atoms with van der Waals surface area (Å²) >= 11 is 0. The molecule has 1 fully saturated rings. The van der Waals surface area contributed by atoms with Crippen LogP contribution < -0.4 is 5.32 Å². The van der Waals surface area contributed by atoms with E-state index in [0.29, 0.717) is 12.3 Å². The Morgan fingerprint density at radius 3 is 2.67 bits per heavy atom. The highest BCUT2D eigenvalue weighted by Crippen LogP contribution is 2.19. The van der Waals surface area contributed by atoms with Crippen LogP contribution in [0.3, 0.4) is 0 Å². The lowest BCUT2D eigenvalue weighted by Gasteiger charge is -2.11. The summed E-state index contributed by atoms with van der Waals surface area (Å²) in [5, 5.41) is 2.92. The van der Waals surface area contributed by atoms with Gasteiger partial charge in [0.25, 0.3) is 0 Å². The summed E-state index contributed by atoms with van der Waals surface area (Å²) in [6, 6.07) is 8.05. The first-order valence-corrected chi connectivity index (χ1v) is 6.66. The molecular weight excluding hydrogens is 226 g/mol. The van der Waals surface area contributed by atoms with Gasteiger partial charge in [-0.3, -0.25) is 4.79 Å². The van der Waals surface area contributed by atoms with Gasteiger partial charge < -0.3 is 10.1 Å². The van der Waals surface area contributed by atoms with E-state index >= 15 is 0 Å². The first-order valence-electron chi connectivity index (χ1n) is 6.66. The molecule has 1 amide bonds. The highest BCUT2D eigenvalue weighted by atomic mass is 16.5. The van der Waals surface area contributed by atoms with Crippen LogP contribution in [0.4, 0.5) is 5.69 Å². The van der Waals surface area contributed by atoms with E-state index in [1.54, 1.807) is 0 Å². The third-order valence-corrected chi connectivity index (χ3v) is 3.30. The van der Waals surface area contributed by atoms with Crippen LogP contribution in [-0.4, -0.2) is 18.6 Å². The molecule has 1 heterocycles. The Kier molecular flexibility index (Phi) is 4.37. The number of carbonyl (C=O) groups is 1. The fraction of sp³-hybridized carbons (Fsp3) is 0.533. The minimum Gasteiger partial charge on any atom is -0.378 e. The number of anilines is 1. The van der Waals surface area contributed by atoms with Gasteiger partial charge in [0.2, 0.25) is 5.91 Å². The normalized spacial score (nSPS) is 19.2. The van der Waals surface area contributed by atoms with Crippen molar-refractivity contribution in [1.82, 2.24) is 0 Å². The van der Waals surface area contributed by atoms with Crippen molar-refractivity contribution in [2.75, 3.05) is 11.9 Å². The van der Waals surface area contributed by atoms with E-state index in [2.05, 4.69) is 31.3 Å². The third-order valence-electron chi connectivity index (χ3n) is 3.30. The van der Waals surface area contributed by atoms with Gasteiger partial charge in [0.15, 0.2) is 0 Å². The van der Waals surface area contributed by atoms with E-state index in [1.807, 2.05) is 12.1 Å². The molecule has 1 aromatic carbocycles. The Morgan fingerprint density at radius 1 is 1.39 bits per heavy atom. The Labute approximate surface area is 109 Å². The Morgan fingerprint density at radius 2 is 2.11 bits per heavy atom. The third kappa shape index (κ3) is 3.57. The smallest absolute Gasteiger partial charge is 0.226 e. The number of carbonyl (C=O) groups excluding carboxylic acids is 1. The maximum atomic E-state index is 11.8. The lowest BCUT2D eigenvalue weighted by Crippen LogP contribution is -2.19. The van der Waals surface area contributed by atoms with Gasteiger partial charge in [-0.1, -0.05) is 26.0 Å². The number of amides is 1. The second kappa shape index (κ2) is 6.01. The molecule has 1 saturated heterocycles. The predicted molar refractivity (Wildman–Crippen MR) is 72.8 cm³/mol. The van der Waals surface area contributed by atoms with Crippen LogP contribution in [0.1, 0.15) is 44.6 Å². The lowest BCUT2D eigenvalue weighted by molar-refractivity contribution is -0.118. The predicted octanol–water partition coefficient (Wildman–Crippen LogP) is 3.32. The van der Waals surface area contributed by atoms with Gasteiger partial charge in [0.05, 0.1) is 12.5 Å². The molecule has 0 aliphatic carbocycles. The molecule has 18 heavy (non-hydrogen) atoms. The molecule has 1 aliphatic rings. The summed E-state index contributed by atoms with van der Waals surface area (Å²) in [5.74, 6) is 0.556. The molecule has 0 aromatic heterocycles. The van der Waals surface area contributed by atoms with Gasteiger partial charge in [0.1, 0.15) is 0 Å². The molecule has 1 atom stereocenters. The van der Waals surface area contributed by atoms with Crippen LogP contribution in [0.5, 0.6) is 0 Å². The molecule has 1 aromatic rings. The molecule has 98 valence electrons. The number of hydrogen-bond donors (Lipinski definition) is 1. The zero-order valence-corrected chi connectivity index (χ0v) is 11.1. The van der Waals surface area contributed by atoms with Crippen LogP contribution in [-0.2, 0) is 9.53 Å². The monoisotopic (exact) mass is 247 g/mol. The average molecular weight is 247 g/mol. The maximum Gasteiger partial charge on any atom is 0.226 e. The largest absolute Gasteiger partial charge is 0.378 e. The Balaban J connectivity index is 1.86. The number of hydrogen-bond acceptors (Lipinski definition) is 2. The summed E-state index contributed by atoms with van der Waals surface area (Å²) in [6.07, 6.45) is 2.65. The van der Waals surface area contributed by atoms with Gasteiger partial charge in [-0.25, -0.2) is 0 Å². The highest BCUT2D eigenvalue weighted by Gasteiger charge is 2.18. The summed E-state index contributed by atoms with van der Waals surface area (Å²) in [5.41, 5.74) is 2.15. The second-order valence-electron chi connectivity index (χ2n) is 5.16. The fourth-order valence-electron chi connectivity index (χ4n) is 2.18. The topological polar surface area (TPSA) is 38.3 Å². The average Bonchev–Trinajstić information content (AvgIpc) is 2.82. The van der Waals surface area contributed by atoms with Crippen molar-refractivity contribution in [2.45, 2.75) is 45.1 Å². The fourth-order valence-corrected chi connectivity index (χ4v) is 2.18. The lowest BCUT2D eigenvalue weighted by atomic mass is 10.0. The van der Waals surface area contributed by atoms with E-state index < -0.39 is 0 Å².